The van der Waals surface area contributed by atoms with E-state index in [-0.39, 0.29) is 0 Å². The van der Waals surface area contributed by atoms with Gasteiger partial charge in [-0.1, -0.05) is 58.6 Å². The van der Waals surface area contributed by atoms with E-state index in [4.69, 9.17) is 0 Å². The summed E-state index contributed by atoms with van der Waals surface area (Å²) in [6.07, 6.45) is 11.1. The lowest BCUT2D eigenvalue weighted by molar-refractivity contribution is 0.114. The molecule has 0 saturated heterocycles. The van der Waals surface area contributed by atoms with Crippen molar-refractivity contribution < 1.29 is 0 Å². The first-order valence-corrected chi connectivity index (χ1v) is 7.72. The minimum atomic E-state index is 0.462. The second-order valence-corrected chi connectivity index (χ2v) is 6.39. The highest BCUT2D eigenvalue weighted by molar-refractivity contribution is 5.10. The van der Waals surface area contributed by atoms with E-state index in [2.05, 4.69) is 34.3 Å². The van der Waals surface area contributed by atoms with E-state index in [1.807, 2.05) is 0 Å². The maximum absolute atomic E-state index is 4.36. The van der Waals surface area contributed by atoms with Crippen LogP contribution in [0.5, 0.6) is 0 Å². The molecule has 0 radical (unpaired) electrons. The first-order valence-electron chi connectivity index (χ1n) is 7.72. The van der Waals surface area contributed by atoms with Crippen LogP contribution in [0.3, 0.4) is 0 Å². The molecule has 1 fully saturated rings. The molecular formula is C17H32. The SMILES string of the molecule is C=C(C)C(CCC)(CCC)C1CCC(C)CC1. The van der Waals surface area contributed by atoms with E-state index < -0.39 is 0 Å². The zero-order valence-corrected chi connectivity index (χ0v) is 12.5. The molecule has 0 nitrogen and oxygen atoms in total. The van der Waals surface area contributed by atoms with Crippen molar-refractivity contribution in [3.8, 4) is 0 Å². The fourth-order valence-corrected chi connectivity index (χ4v) is 4.01. The van der Waals surface area contributed by atoms with Gasteiger partial charge in [0.1, 0.15) is 0 Å². The molecule has 0 heteroatoms. The monoisotopic (exact) mass is 236 g/mol. The Morgan fingerprint density at radius 3 is 1.88 bits per heavy atom. The van der Waals surface area contributed by atoms with Crippen molar-refractivity contribution in [2.75, 3.05) is 0 Å². The summed E-state index contributed by atoms with van der Waals surface area (Å²) in [6.45, 7) is 13.7. The van der Waals surface area contributed by atoms with Gasteiger partial charge < -0.3 is 0 Å². The van der Waals surface area contributed by atoms with Crippen molar-refractivity contribution in [2.24, 2.45) is 17.3 Å². The zero-order valence-electron chi connectivity index (χ0n) is 12.5. The Bertz CT molecular complexity index is 224. The van der Waals surface area contributed by atoms with Gasteiger partial charge in [0.15, 0.2) is 0 Å². The third-order valence-corrected chi connectivity index (χ3v) is 5.04. The minimum Gasteiger partial charge on any atom is -0.0996 e. The third kappa shape index (κ3) is 3.36. The van der Waals surface area contributed by atoms with E-state index >= 15 is 0 Å². The Balaban J connectivity index is 2.83. The molecule has 0 aromatic heterocycles. The molecule has 17 heavy (non-hydrogen) atoms. The summed E-state index contributed by atoms with van der Waals surface area (Å²) >= 11 is 0. The van der Waals surface area contributed by atoms with Crippen molar-refractivity contribution in [1.82, 2.24) is 0 Å². The standard InChI is InChI=1S/C17H32/c1-6-12-17(13-7-2,14(3)4)16-10-8-15(5)9-11-16/h15-16H,3,6-13H2,1-2,4-5H3. The van der Waals surface area contributed by atoms with Gasteiger partial charge in [0.05, 0.1) is 0 Å². The van der Waals surface area contributed by atoms with Crippen LogP contribution in [0.15, 0.2) is 12.2 Å². The average molecular weight is 236 g/mol. The van der Waals surface area contributed by atoms with Gasteiger partial charge in [-0.25, -0.2) is 0 Å². The first kappa shape index (κ1) is 14.8. The second kappa shape index (κ2) is 6.61. The fraction of sp³-hybridized carbons (Fsp3) is 0.882. The molecule has 100 valence electrons. The topological polar surface area (TPSA) is 0 Å². The molecule has 1 saturated carbocycles. The highest BCUT2D eigenvalue weighted by Crippen LogP contribution is 2.50. The Morgan fingerprint density at radius 2 is 1.53 bits per heavy atom. The summed E-state index contributed by atoms with van der Waals surface area (Å²) in [6, 6.07) is 0. The molecular weight excluding hydrogens is 204 g/mol. The molecule has 0 spiro atoms. The Morgan fingerprint density at radius 1 is 1.06 bits per heavy atom. The molecule has 0 amide bonds. The summed E-state index contributed by atoms with van der Waals surface area (Å²) in [4.78, 5) is 0. The molecule has 0 heterocycles. The van der Waals surface area contributed by atoms with Crippen LogP contribution in [0.2, 0.25) is 0 Å². The van der Waals surface area contributed by atoms with Crippen LogP contribution in [0.1, 0.15) is 79.1 Å². The van der Waals surface area contributed by atoms with Gasteiger partial charge in [-0.2, -0.15) is 0 Å². The number of allylic oxidation sites excluding steroid dienone is 1. The van der Waals surface area contributed by atoms with Crippen LogP contribution < -0.4 is 0 Å². The van der Waals surface area contributed by atoms with E-state index in [1.165, 1.54) is 56.9 Å². The van der Waals surface area contributed by atoms with E-state index in [0.29, 0.717) is 5.41 Å². The van der Waals surface area contributed by atoms with Gasteiger partial charge >= 0.3 is 0 Å². The largest absolute Gasteiger partial charge is 0.0996 e. The highest BCUT2D eigenvalue weighted by Gasteiger charge is 2.39. The van der Waals surface area contributed by atoms with Gasteiger partial charge in [0.2, 0.25) is 0 Å². The average Bonchev–Trinajstić information content (AvgIpc) is 2.29. The van der Waals surface area contributed by atoms with Gasteiger partial charge in [-0.3, -0.25) is 0 Å². The van der Waals surface area contributed by atoms with Gasteiger partial charge in [0, 0.05) is 0 Å². The quantitative estimate of drug-likeness (QED) is 0.498. The third-order valence-electron chi connectivity index (χ3n) is 5.04. The van der Waals surface area contributed by atoms with Crippen LogP contribution >= 0.6 is 0 Å². The summed E-state index contributed by atoms with van der Waals surface area (Å²) in [5.74, 6) is 1.87. The van der Waals surface area contributed by atoms with Gasteiger partial charge in [0.25, 0.3) is 0 Å². The molecule has 1 aliphatic rings. The maximum Gasteiger partial charge on any atom is -0.00655 e. The van der Waals surface area contributed by atoms with Crippen LogP contribution in [-0.4, -0.2) is 0 Å². The minimum absolute atomic E-state index is 0.462. The van der Waals surface area contributed by atoms with Crippen LogP contribution in [-0.2, 0) is 0 Å². The summed E-state index contributed by atoms with van der Waals surface area (Å²) in [7, 11) is 0. The molecule has 1 rings (SSSR count). The number of hydrogen-bond acceptors (Lipinski definition) is 0. The zero-order chi connectivity index (χ0) is 12.9. The molecule has 0 N–H and O–H groups in total. The molecule has 0 unspecified atom stereocenters. The lowest BCUT2D eigenvalue weighted by atomic mass is 9.60. The fourth-order valence-electron chi connectivity index (χ4n) is 4.01. The molecule has 0 aliphatic heterocycles. The predicted octanol–water partition coefficient (Wildman–Crippen LogP) is 5.98. The smallest absolute Gasteiger partial charge is 0.00655 e. The number of hydrogen-bond donors (Lipinski definition) is 0. The normalized spacial score (nSPS) is 25.9. The second-order valence-electron chi connectivity index (χ2n) is 6.39. The van der Waals surface area contributed by atoms with E-state index in [9.17, 15) is 0 Å². The van der Waals surface area contributed by atoms with Crippen molar-refractivity contribution in [3.63, 3.8) is 0 Å². The molecule has 0 aromatic carbocycles. The predicted molar refractivity (Wildman–Crippen MR) is 78.2 cm³/mol. The Kier molecular flexibility index (Phi) is 5.76. The maximum atomic E-state index is 4.36. The Labute approximate surface area is 109 Å². The molecule has 1 aliphatic carbocycles. The van der Waals surface area contributed by atoms with Gasteiger partial charge in [-0.15, -0.1) is 0 Å². The van der Waals surface area contributed by atoms with E-state index in [0.717, 1.165) is 11.8 Å². The van der Waals surface area contributed by atoms with Crippen LogP contribution in [0, 0.1) is 17.3 Å². The number of rotatable bonds is 6. The van der Waals surface area contributed by atoms with Crippen molar-refractivity contribution in [1.29, 1.82) is 0 Å². The van der Waals surface area contributed by atoms with Crippen molar-refractivity contribution in [2.45, 2.75) is 79.1 Å². The first-order chi connectivity index (χ1) is 8.06. The van der Waals surface area contributed by atoms with Crippen molar-refractivity contribution in [3.05, 3.63) is 12.2 Å². The van der Waals surface area contributed by atoms with E-state index in [1.54, 1.807) is 0 Å². The van der Waals surface area contributed by atoms with Crippen molar-refractivity contribution >= 4 is 0 Å². The molecule has 0 atom stereocenters. The van der Waals surface area contributed by atoms with Crippen LogP contribution in [0.25, 0.3) is 0 Å². The van der Waals surface area contributed by atoms with Crippen LogP contribution in [0.4, 0.5) is 0 Å². The Hall–Kier alpha value is -0.260. The summed E-state index contributed by atoms with van der Waals surface area (Å²) in [5, 5.41) is 0. The van der Waals surface area contributed by atoms with Gasteiger partial charge in [-0.05, 0) is 49.9 Å². The molecule has 0 aromatic rings. The molecule has 0 bridgehead atoms. The lowest BCUT2D eigenvalue weighted by Crippen LogP contribution is -2.34. The highest BCUT2D eigenvalue weighted by atomic mass is 14.4. The summed E-state index contributed by atoms with van der Waals surface area (Å²) < 4.78 is 0. The lowest BCUT2D eigenvalue weighted by Gasteiger charge is -2.45. The summed E-state index contributed by atoms with van der Waals surface area (Å²) in [5.41, 5.74) is 1.92.